The summed E-state index contributed by atoms with van der Waals surface area (Å²) in [7, 11) is 0. The van der Waals surface area contributed by atoms with E-state index >= 15 is 0 Å². The van der Waals surface area contributed by atoms with E-state index in [1.807, 2.05) is 54.6 Å². The summed E-state index contributed by atoms with van der Waals surface area (Å²) in [6.07, 6.45) is -4.61. The number of imidazole rings is 1. The summed E-state index contributed by atoms with van der Waals surface area (Å²) >= 11 is 3.34. The van der Waals surface area contributed by atoms with Crippen molar-refractivity contribution < 1.29 is 23.0 Å². The molecule has 4 rings (SSSR count). The van der Waals surface area contributed by atoms with Crippen molar-refractivity contribution in [2.24, 2.45) is 0 Å². The number of hydrogen-bond acceptors (Lipinski definition) is 3. The summed E-state index contributed by atoms with van der Waals surface area (Å²) in [4.78, 5) is 7.43. The molecule has 4 aromatic rings. The number of aromatic amines is 1. The standard InChI is InChI=1S/C27H24BrF3N2O2/c1-26(2,16-34)25-32-23(24(28)33-25)20-12-13-22(21(14-20)27(29,30)31)35-15-17-8-10-19(11-9-17)18-6-4-3-5-7-18/h3-14,34H,15-16H2,1-2H3,(H,32,33). The quantitative estimate of drug-likeness (QED) is 0.255. The van der Waals surface area contributed by atoms with Crippen molar-refractivity contribution in [2.45, 2.75) is 32.0 Å². The van der Waals surface area contributed by atoms with Gasteiger partial charge in [-0.3, -0.25) is 0 Å². The first-order valence-electron chi connectivity index (χ1n) is 10.9. The minimum atomic E-state index is -4.61. The summed E-state index contributed by atoms with van der Waals surface area (Å²) in [5.41, 5.74) is 1.89. The van der Waals surface area contributed by atoms with Crippen molar-refractivity contribution in [1.29, 1.82) is 0 Å². The highest BCUT2D eigenvalue weighted by Gasteiger charge is 2.35. The van der Waals surface area contributed by atoms with Crippen LogP contribution in [0, 0.1) is 0 Å². The van der Waals surface area contributed by atoms with E-state index in [0.29, 0.717) is 16.1 Å². The lowest BCUT2D eigenvalue weighted by atomic mass is 9.94. The number of hydrogen-bond donors (Lipinski definition) is 2. The van der Waals surface area contributed by atoms with Gasteiger partial charge in [-0.05, 0) is 50.8 Å². The van der Waals surface area contributed by atoms with E-state index in [9.17, 15) is 18.3 Å². The van der Waals surface area contributed by atoms with Crippen molar-refractivity contribution in [3.63, 3.8) is 0 Å². The molecule has 0 spiro atoms. The number of aliphatic hydroxyl groups excluding tert-OH is 1. The first-order valence-corrected chi connectivity index (χ1v) is 11.7. The van der Waals surface area contributed by atoms with Crippen LogP contribution >= 0.6 is 15.9 Å². The second kappa shape index (κ2) is 9.87. The lowest BCUT2D eigenvalue weighted by Gasteiger charge is -2.18. The van der Waals surface area contributed by atoms with Crippen LogP contribution in [0.1, 0.15) is 30.8 Å². The number of H-pyrrole nitrogens is 1. The van der Waals surface area contributed by atoms with Gasteiger partial charge in [0, 0.05) is 11.0 Å². The topological polar surface area (TPSA) is 58.1 Å². The minimum absolute atomic E-state index is 0.00155. The summed E-state index contributed by atoms with van der Waals surface area (Å²) in [5.74, 6) is 0.214. The molecule has 0 saturated heterocycles. The van der Waals surface area contributed by atoms with Crippen LogP contribution in [0.5, 0.6) is 5.75 Å². The zero-order valence-corrected chi connectivity index (χ0v) is 20.7. The van der Waals surface area contributed by atoms with Crippen LogP contribution in [-0.2, 0) is 18.2 Å². The fourth-order valence-electron chi connectivity index (χ4n) is 3.55. The van der Waals surface area contributed by atoms with E-state index < -0.39 is 17.2 Å². The number of nitrogens with one attached hydrogen (secondary N) is 1. The van der Waals surface area contributed by atoms with Gasteiger partial charge in [0.25, 0.3) is 0 Å². The summed E-state index contributed by atoms with van der Waals surface area (Å²) < 4.78 is 47.8. The monoisotopic (exact) mass is 544 g/mol. The molecule has 35 heavy (non-hydrogen) atoms. The van der Waals surface area contributed by atoms with Gasteiger partial charge in [0.05, 0.1) is 12.2 Å². The molecular formula is C27H24BrF3N2O2. The Morgan fingerprint density at radius 1 is 0.914 bits per heavy atom. The third-order valence-corrected chi connectivity index (χ3v) is 6.28. The third kappa shape index (κ3) is 5.60. The highest BCUT2D eigenvalue weighted by atomic mass is 79.9. The van der Waals surface area contributed by atoms with Gasteiger partial charge in [0.2, 0.25) is 0 Å². The number of halogens is 4. The minimum Gasteiger partial charge on any atom is -0.488 e. The summed E-state index contributed by atoms with van der Waals surface area (Å²) in [6.45, 7) is 3.40. The average molecular weight is 545 g/mol. The Hall–Kier alpha value is -3.10. The molecule has 0 amide bonds. The maximum absolute atomic E-state index is 13.9. The molecule has 0 saturated carbocycles. The Morgan fingerprint density at radius 2 is 1.54 bits per heavy atom. The molecule has 0 bridgehead atoms. The van der Waals surface area contributed by atoms with Crippen LogP contribution in [-0.4, -0.2) is 21.7 Å². The lowest BCUT2D eigenvalue weighted by Crippen LogP contribution is -2.23. The Kier molecular flexibility index (Phi) is 7.05. The Labute approximate surface area is 209 Å². The normalized spacial score (nSPS) is 12.1. The number of nitrogens with zero attached hydrogens (tertiary/aromatic N) is 1. The fraction of sp³-hybridized carbons (Fsp3) is 0.222. The molecule has 0 fully saturated rings. The summed E-state index contributed by atoms with van der Waals surface area (Å²) in [5, 5.41) is 9.59. The molecule has 0 aliphatic rings. The van der Waals surface area contributed by atoms with E-state index in [0.717, 1.165) is 22.8 Å². The largest absolute Gasteiger partial charge is 0.488 e. The number of rotatable bonds is 7. The van der Waals surface area contributed by atoms with Crippen LogP contribution in [0.3, 0.4) is 0 Å². The Bertz CT molecular complexity index is 1300. The van der Waals surface area contributed by atoms with Crippen LogP contribution < -0.4 is 4.74 Å². The molecule has 0 atom stereocenters. The van der Waals surface area contributed by atoms with Crippen LogP contribution in [0.15, 0.2) is 77.4 Å². The van der Waals surface area contributed by atoms with Crippen LogP contribution in [0.25, 0.3) is 22.4 Å². The molecule has 8 heteroatoms. The van der Waals surface area contributed by atoms with Gasteiger partial charge in [-0.1, -0.05) is 68.4 Å². The molecular weight excluding hydrogens is 521 g/mol. The van der Waals surface area contributed by atoms with E-state index in [-0.39, 0.29) is 24.5 Å². The molecule has 0 aliphatic carbocycles. The van der Waals surface area contributed by atoms with Crippen molar-refractivity contribution >= 4 is 15.9 Å². The molecule has 0 unspecified atom stereocenters. The Balaban J connectivity index is 1.58. The number of benzene rings is 3. The molecule has 3 aromatic carbocycles. The van der Waals surface area contributed by atoms with Gasteiger partial charge in [-0.2, -0.15) is 13.2 Å². The fourth-order valence-corrected chi connectivity index (χ4v) is 4.05. The van der Waals surface area contributed by atoms with E-state index in [1.54, 1.807) is 19.9 Å². The summed E-state index contributed by atoms with van der Waals surface area (Å²) in [6, 6.07) is 21.2. The second-order valence-electron chi connectivity index (χ2n) is 8.85. The van der Waals surface area contributed by atoms with Crippen molar-refractivity contribution in [3.05, 3.63) is 94.4 Å². The first kappa shape index (κ1) is 25.0. The predicted molar refractivity (Wildman–Crippen MR) is 133 cm³/mol. The molecule has 0 aliphatic heterocycles. The van der Waals surface area contributed by atoms with E-state index in [4.69, 9.17) is 4.74 Å². The lowest BCUT2D eigenvalue weighted by molar-refractivity contribution is -0.139. The predicted octanol–water partition coefficient (Wildman–Crippen LogP) is 7.37. The highest BCUT2D eigenvalue weighted by Crippen LogP contribution is 2.40. The van der Waals surface area contributed by atoms with Gasteiger partial charge in [-0.15, -0.1) is 0 Å². The van der Waals surface area contributed by atoms with Gasteiger partial charge < -0.3 is 14.8 Å². The van der Waals surface area contributed by atoms with Gasteiger partial charge in [0.1, 0.15) is 28.5 Å². The number of ether oxygens (including phenoxy) is 1. The van der Waals surface area contributed by atoms with Crippen LogP contribution in [0.4, 0.5) is 13.2 Å². The maximum atomic E-state index is 13.9. The maximum Gasteiger partial charge on any atom is 0.419 e. The van der Waals surface area contributed by atoms with Crippen LogP contribution in [0.2, 0.25) is 0 Å². The van der Waals surface area contributed by atoms with Crippen molar-refractivity contribution in [3.8, 4) is 28.1 Å². The first-order chi connectivity index (χ1) is 16.6. The number of aromatic nitrogens is 2. The average Bonchev–Trinajstić information content (AvgIpc) is 3.25. The van der Waals surface area contributed by atoms with Gasteiger partial charge in [0.15, 0.2) is 0 Å². The second-order valence-corrected chi connectivity index (χ2v) is 9.64. The Morgan fingerprint density at radius 3 is 2.17 bits per heavy atom. The zero-order chi connectivity index (χ0) is 25.2. The molecule has 182 valence electrons. The van der Waals surface area contributed by atoms with Crippen molar-refractivity contribution in [1.82, 2.24) is 9.97 Å². The smallest absolute Gasteiger partial charge is 0.419 e. The molecule has 1 heterocycles. The molecule has 1 aromatic heterocycles. The van der Waals surface area contributed by atoms with Gasteiger partial charge in [-0.25, -0.2) is 4.98 Å². The zero-order valence-electron chi connectivity index (χ0n) is 19.2. The third-order valence-electron chi connectivity index (χ3n) is 5.71. The number of alkyl halides is 3. The van der Waals surface area contributed by atoms with E-state index in [1.165, 1.54) is 6.07 Å². The molecule has 0 radical (unpaired) electrons. The molecule has 4 nitrogen and oxygen atoms in total. The SMILES string of the molecule is CC(C)(CO)c1nc(-c2ccc(OCc3ccc(-c4ccccc4)cc3)c(C(F)(F)F)c2)c(Br)[nH]1. The number of aliphatic hydroxyl groups is 1. The highest BCUT2D eigenvalue weighted by molar-refractivity contribution is 9.10. The molecule has 2 N–H and O–H groups in total. The van der Waals surface area contributed by atoms with Gasteiger partial charge >= 0.3 is 6.18 Å². The van der Waals surface area contributed by atoms with Crippen molar-refractivity contribution in [2.75, 3.05) is 6.61 Å². The van der Waals surface area contributed by atoms with E-state index in [2.05, 4.69) is 25.9 Å².